The third-order valence-electron chi connectivity index (χ3n) is 6.69. The van der Waals surface area contributed by atoms with Crippen molar-refractivity contribution in [3.05, 3.63) is 118 Å². The minimum absolute atomic E-state index is 0.0381. The summed E-state index contributed by atoms with van der Waals surface area (Å²) in [5.41, 5.74) is 2.67. The maximum Gasteiger partial charge on any atom is 0.334 e. The van der Waals surface area contributed by atoms with Crippen LogP contribution in [0, 0.1) is 10.1 Å². The van der Waals surface area contributed by atoms with Gasteiger partial charge in [0.25, 0.3) is 6.04 Å². The molecule has 10 nitrogen and oxygen atoms in total. The molecule has 0 N–H and O–H groups in total. The fourth-order valence-electron chi connectivity index (χ4n) is 4.58. The fraction of sp³-hybridized carbons (Fsp3) is 0.387. The molecule has 1 heterocycles. The summed E-state index contributed by atoms with van der Waals surface area (Å²) in [4.78, 5) is 24.1. The highest BCUT2D eigenvalue weighted by Crippen LogP contribution is 2.31. The molecule has 10 heteroatoms. The van der Waals surface area contributed by atoms with E-state index in [1.54, 1.807) is 0 Å². The number of rotatable bonds is 14. The van der Waals surface area contributed by atoms with Crippen molar-refractivity contribution in [2.24, 2.45) is 0 Å². The summed E-state index contributed by atoms with van der Waals surface area (Å²) in [7, 11) is 1.22. The number of methoxy groups -OCH3 is 1. The van der Waals surface area contributed by atoms with Gasteiger partial charge in [0.05, 0.1) is 33.5 Å². The largest absolute Gasteiger partial charge is 0.467 e. The highest BCUT2D eigenvalue weighted by Gasteiger charge is 2.55. The summed E-state index contributed by atoms with van der Waals surface area (Å²) < 4.78 is 35.2. The standard InChI is InChI=1S/C31H35NO9/c1-22(30(33)36-2)40-31-27(32(34)35)29(39-20-25-16-10-5-11-17-25)28(38-19-24-14-8-4-9-15-24)26(41-31)21-37-18-23-12-6-3-7-13-23/h3-17,22,26-29,31H,18-21H2,1-2H3/t22-,26+,27+,28-,29+,31+/m0/s1. The predicted molar refractivity (Wildman–Crippen MR) is 148 cm³/mol. The fourth-order valence-corrected chi connectivity index (χ4v) is 4.58. The molecule has 1 fully saturated rings. The van der Waals surface area contributed by atoms with Crippen LogP contribution >= 0.6 is 0 Å². The topological polar surface area (TPSA) is 116 Å². The molecule has 1 aliphatic heterocycles. The number of benzene rings is 3. The van der Waals surface area contributed by atoms with Crippen LogP contribution in [0.4, 0.5) is 0 Å². The monoisotopic (exact) mass is 565 g/mol. The van der Waals surface area contributed by atoms with Crippen LogP contribution in [0.1, 0.15) is 23.6 Å². The lowest BCUT2D eigenvalue weighted by atomic mass is 9.96. The van der Waals surface area contributed by atoms with Crippen molar-refractivity contribution in [1.29, 1.82) is 0 Å². The van der Waals surface area contributed by atoms with Gasteiger partial charge in [-0.1, -0.05) is 91.0 Å². The van der Waals surface area contributed by atoms with Gasteiger partial charge in [0.1, 0.15) is 12.2 Å². The number of hydrogen-bond donors (Lipinski definition) is 0. The number of ether oxygens (including phenoxy) is 6. The van der Waals surface area contributed by atoms with Crippen LogP contribution < -0.4 is 0 Å². The van der Waals surface area contributed by atoms with Crippen molar-refractivity contribution in [1.82, 2.24) is 0 Å². The predicted octanol–water partition coefficient (Wildman–Crippen LogP) is 4.32. The number of carbonyl (C=O) groups excluding carboxylic acids is 1. The van der Waals surface area contributed by atoms with E-state index in [9.17, 15) is 14.9 Å². The van der Waals surface area contributed by atoms with Crippen molar-refractivity contribution >= 4 is 5.97 Å². The van der Waals surface area contributed by atoms with Gasteiger partial charge in [0, 0.05) is 4.92 Å². The molecule has 4 rings (SSSR count). The normalized spacial score (nSPS) is 23.0. The average molecular weight is 566 g/mol. The van der Waals surface area contributed by atoms with Crippen LogP contribution in [0.25, 0.3) is 0 Å². The van der Waals surface area contributed by atoms with E-state index in [0.717, 1.165) is 16.7 Å². The van der Waals surface area contributed by atoms with Gasteiger partial charge >= 0.3 is 5.97 Å². The number of hydrogen-bond acceptors (Lipinski definition) is 9. The minimum Gasteiger partial charge on any atom is -0.467 e. The molecule has 218 valence electrons. The molecule has 0 spiro atoms. The Labute approximate surface area is 239 Å². The first-order valence-corrected chi connectivity index (χ1v) is 13.4. The maximum atomic E-state index is 12.5. The summed E-state index contributed by atoms with van der Waals surface area (Å²) in [6, 6.07) is 26.9. The van der Waals surface area contributed by atoms with Gasteiger partial charge in [-0.2, -0.15) is 0 Å². The van der Waals surface area contributed by atoms with Gasteiger partial charge in [-0.3, -0.25) is 10.1 Å². The van der Waals surface area contributed by atoms with E-state index in [2.05, 4.69) is 0 Å². The molecule has 0 radical (unpaired) electrons. The van der Waals surface area contributed by atoms with Crippen LogP contribution in [0.15, 0.2) is 91.0 Å². The Balaban J connectivity index is 1.62. The third-order valence-corrected chi connectivity index (χ3v) is 6.69. The van der Waals surface area contributed by atoms with Crippen LogP contribution in [-0.2, 0) is 53.0 Å². The van der Waals surface area contributed by atoms with E-state index < -0.39 is 47.6 Å². The summed E-state index contributed by atoms with van der Waals surface area (Å²) in [6.07, 6.45) is -5.34. The molecular weight excluding hydrogens is 530 g/mol. The zero-order valence-electron chi connectivity index (χ0n) is 23.1. The van der Waals surface area contributed by atoms with Crippen molar-refractivity contribution in [3.63, 3.8) is 0 Å². The number of nitrogens with zero attached hydrogens (tertiary/aromatic N) is 1. The van der Waals surface area contributed by atoms with Gasteiger partial charge in [-0.05, 0) is 23.6 Å². The maximum absolute atomic E-state index is 12.5. The van der Waals surface area contributed by atoms with Crippen molar-refractivity contribution < 1.29 is 38.1 Å². The van der Waals surface area contributed by atoms with E-state index in [1.165, 1.54) is 14.0 Å². The molecule has 0 saturated carbocycles. The molecule has 0 amide bonds. The number of esters is 1. The van der Waals surface area contributed by atoms with Crippen molar-refractivity contribution in [2.75, 3.05) is 13.7 Å². The SMILES string of the molecule is COC(=O)[C@H](C)O[C@@H]1O[C@H](COCc2ccccc2)[C@H](OCc2ccccc2)[C@H](OCc2ccccc2)[C@H]1[N+](=O)[O-]. The first-order valence-electron chi connectivity index (χ1n) is 13.4. The van der Waals surface area contributed by atoms with Crippen LogP contribution in [0.2, 0.25) is 0 Å². The molecule has 3 aromatic carbocycles. The minimum atomic E-state index is -1.50. The number of nitro groups is 1. The molecular formula is C31H35NO9. The number of carbonyl (C=O) groups is 1. The third kappa shape index (κ3) is 8.66. The molecule has 0 aliphatic carbocycles. The first-order chi connectivity index (χ1) is 20.0. The first kappa shape index (κ1) is 30.3. The van der Waals surface area contributed by atoms with E-state index >= 15 is 0 Å². The molecule has 3 aromatic rings. The Morgan fingerprint density at radius 2 is 1.32 bits per heavy atom. The summed E-state index contributed by atoms with van der Waals surface area (Å²) in [5.74, 6) is -0.684. The second-order valence-electron chi connectivity index (χ2n) is 9.64. The van der Waals surface area contributed by atoms with E-state index in [-0.39, 0.29) is 19.8 Å². The molecule has 0 bridgehead atoms. The van der Waals surface area contributed by atoms with Gasteiger partial charge in [0.2, 0.25) is 6.29 Å². The van der Waals surface area contributed by atoms with Gasteiger partial charge < -0.3 is 28.4 Å². The molecule has 6 atom stereocenters. The van der Waals surface area contributed by atoms with E-state index in [4.69, 9.17) is 28.4 Å². The molecule has 1 aliphatic rings. The summed E-state index contributed by atoms with van der Waals surface area (Å²) in [5, 5.41) is 12.5. The smallest absolute Gasteiger partial charge is 0.334 e. The quantitative estimate of drug-likeness (QED) is 0.160. The summed E-state index contributed by atoms with van der Waals surface area (Å²) >= 11 is 0. The van der Waals surface area contributed by atoms with Crippen LogP contribution in [0.3, 0.4) is 0 Å². The van der Waals surface area contributed by atoms with Crippen molar-refractivity contribution in [2.45, 2.75) is 63.5 Å². The lowest BCUT2D eigenvalue weighted by Gasteiger charge is -2.42. The lowest BCUT2D eigenvalue weighted by Crippen LogP contribution is -2.64. The Morgan fingerprint density at radius 1 is 0.829 bits per heavy atom. The zero-order chi connectivity index (χ0) is 29.0. The highest BCUT2D eigenvalue weighted by molar-refractivity contribution is 5.73. The Bertz CT molecular complexity index is 1210. The highest BCUT2D eigenvalue weighted by atomic mass is 16.7. The molecule has 1 saturated heterocycles. The van der Waals surface area contributed by atoms with Crippen LogP contribution in [0.5, 0.6) is 0 Å². The zero-order valence-corrected chi connectivity index (χ0v) is 23.1. The van der Waals surface area contributed by atoms with Crippen LogP contribution in [-0.4, -0.2) is 61.4 Å². The molecule has 0 unspecified atom stereocenters. The molecule has 41 heavy (non-hydrogen) atoms. The molecule has 0 aromatic heterocycles. The van der Waals surface area contributed by atoms with E-state index in [0.29, 0.717) is 6.61 Å². The Kier molecular flexibility index (Phi) is 11.4. The second-order valence-corrected chi connectivity index (χ2v) is 9.64. The Morgan fingerprint density at radius 3 is 1.80 bits per heavy atom. The average Bonchev–Trinajstić information content (AvgIpc) is 3.00. The van der Waals surface area contributed by atoms with Gasteiger partial charge in [-0.25, -0.2) is 4.79 Å². The van der Waals surface area contributed by atoms with Gasteiger partial charge in [0.15, 0.2) is 12.2 Å². The summed E-state index contributed by atoms with van der Waals surface area (Å²) in [6.45, 7) is 2.05. The van der Waals surface area contributed by atoms with E-state index in [1.807, 2.05) is 91.0 Å². The lowest BCUT2D eigenvalue weighted by molar-refractivity contribution is -0.577. The Hall–Kier alpha value is -3.67. The second kappa shape index (κ2) is 15.4. The van der Waals surface area contributed by atoms with Gasteiger partial charge in [-0.15, -0.1) is 0 Å². The van der Waals surface area contributed by atoms with Crippen molar-refractivity contribution in [3.8, 4) is 0 Å².